The number of aromatic nitrogens is 1. The van der Waals surface area contributed by atoms with E-state index < -0.39 is 6.29 Å². The van der Waals surface area contributed by atoms with E-state index in [1.165, 1.54) is 6.92 Å². The highest BCUT2D eigenvalue weighted by Gasteiger charge is 2.38. The molecule has 8 nitrogen and oxygen atoms in total. The molecule has 0 saturated carbocycles. The lowest BCUT2D eigenvalue weighted by atomic mass is 9.91. The van der Waals surface area contributed by atoms with Crippen molar-refractivity contribution < 1.29 is 24.2 Å². The molecular weight excluding hydrogens is 550 g/mol. The number of unbranched alkanes of at least 4 members (excludes halogenated alkanes) is 2. The summed E-state index contributed by atoms with van der Waals surface area (Å²) in [7, 11) is 0. The van der Waals surface area contributed by atoms with Crippen LogP contribution in [0.15, 0.2) is 78.0 Å². The lowest BCUT2D eigenvalue weighted by Gasteiger charge is -2.41. The van der Waals surface area contributed by atoms with Crippen molar-refractivity contribution in [2.24, 2.45) is 5.92 Å². The predicted octanol–water partition coefficient (Wildman–Crippen LogP) is 5.47. The van der Waals surface area contributed by atoms with Gasteiger partial charge in [0, 0.05) is 49.9 Å². The van der Waals surface area contributed by atoms with E-state index in [9.17, 15) is 14.7 Å². The van der Waals surface area contributed by atoms with Crippen molar-refractivity contribution >= 4 is 23.6 Å². The summed E-state index contributed by atoms with van der Waals surface area (Å²) < 4.78 is 13.1. The number of ether oxygens (including phenoxy) is 2. The molecule has 2 amide bonds. The Morgan fingerprint density at radius 3 is 2.33 bits per heavy atom. The van der Waals surface area contributed by atoms with Crippen molar-refractivity contribution in [2.75, 3.05) is 12.3 Å². The third-order valence-electron chi connectivity index (χ3n) is 7.35. The maximum absolute atomic E-state index is 12.3. The summed E-state index contributed by atoms with van der Waals surface area (Å²) in [6, 6.07) is 21.8. The van der Waals surface area contributed by atoms with Crippen molar-refractivity contribution in [3.63, 3.8) is 0 Å². The molecule has 9 heteroatoms. The van der Waals surface area contributed by atoms with Crippen LogP contribution < -0.4 is 10.6 Å². The van der Waals surface area contributed by atoms with Crippen LogP contribution in [0, 0.1) is 5.92 Å². The number of thioether (sulfide) groups is 1. The Morgan fingerprint density at radius 2 is 1.64 bits per heavy atom. The Balaban J connectivity index is 1.35. The highest BCUT2D eigenvalue weighted by molar-refractivity contribution is 7.99. The molecule has 4 rings (SSSR count). The summed E-state index contributed by atoms with van der Waals surface area (Å²) in [6.45, 7) is 4.77. The number of carbonyl (C=O) groups excluding carboxylic acids is 2. The van der Waals surface area contributed by atoms with Crippen LogP contribution in [0.3, 0.4) is 0 Å². The largest absolute Gasteiger partial charge is 0.392 e. The molecule has 2 heterocycles. The van der Waals surface area contributed by atoms with Crippen LogP contribution >= 0.6 is 11.8 Å². The SMILES string of the molecule is CC(=O)NCCCCCC(=O)NCc1ccc(C2OC(CSc3ccccn3)C(C)C(c3ccc(CO)cc3)O2)cc1. The maximum atomic E-state index is 12.3. The van der Waals surface area contributed by atoms with Crippen LogP contribution in [-0.2, 0) is 32.2 Å². The van der Waals surface area contributed by atoms with Crippen molar-refractivity contribution in [3.8, 4) is 0 Å². The van der Waals surface area contributed by atoms with Gasteiger partial charge in [0.2, 0.25) is 11.8 Å². The molecule has 3 aromatic rings. The van der Waals surface area contributed by atoms with E-state index in [0.29, 0.717) is 19.5 Å². The summed E-state index contributed by atoms with van der Waals surface area (Å²) in [5.74, 6) is 0.829. The molecule has 0 aliphatic carbocycles. The fourth-order valence-corrected chi connectivity index (χ4v) is 5.87. The van der Waals surface area contributed by atoms with Gasteiger partial charge < -0.3 is 25.2 Å². The van der Waals surface area contributed by atoms with Gasteiger partial charge in [0.15, 0.2) is 6.29 Å². The summed E-state index contributed by atoms with van der Waals surface area (Å²) in [5, 5.41) is 16.2. The molecule has 0 bridgehead atoms. The van der Waals surface area contributed by atoms with Gasteiger partial charge in [-0.2, -0.15) is 0 Å². The molecule has 1 saturated heterocycles. The number of carbonyl (C=O) groups is 2. The van der Waals surface area contributed by atoms with Crippen molar-refractivity contribution in [2.45, 2.75) is 76.2 Å². The lowest BCUT2D eigenvalue weighted by Crippen LogP contribution is -2.38. The summed E-state index contributed by atoms with van der Waals surface area (Å²) >= 11 is 1.67. The van der Waals surface area contributed by atoms with Gasteiger partial charge in [0.05, 0.1) is 23.8 Å². The topological polar surface area (TPSA) is 110 Å². The Bertz CT molecular complexity index is 1260. The monoisotopic (exact) mass is 591 g/mol. The molecule has 1 fully saturated rings. The van der Waals surface area contributed by atoms with Gasteiger partial charge in [0.25, 0.3) is 0 Å². The van der Waals surface area contributed by atoms with Gasteiger partial charge in [-0.1, -0.05) is 67.9 Å². The molecule has 4 atom stereocenters. The molecule has 224 valence electrons. The second kappa shape index (κ2) is 16.4. The number of amides is 2. The first-order valence-electron chi connectivity index (χ1n) is 14.6. The van der Waals surface area contributed by atoms with Crippen LogP contribution in [-0.4, -0.2) is 40.3 Å². The summed E-state index contributed by atoms with van der Waals surface area (Å²) in [6.07, 6.45) is 4.04. The fourth-order valence-electron chi connectivity index (χ4n) is 4.84. The molecule has 1 aliphatic heterocycles. The molecular formula is C33H41N3O5S. The van der Waals surface area contributed by atoms with E-state index in [4.69, 9.17) is 9.47 Å². The number of aliphatic hydroxyl groups is 1. The van der Waals surface area contributed by atoms with Crippen molar-refractivity contribution in [3.05, 3.63) is 95.2 Å². The normalized spacial score (nSPS) is 20.2. The summed E-state index contributed by atoms with van der Waals surface area (Å²) in [4.78, 5) is 27.6. The minimum Gasteiger partial charge on any atom is -0.392 e. The number of hydrogen-bond acceptors (Lipinski definition) is 7. The number of rotatable bonds is 14. The third-order valence-corrected chi connectivity index (χ3v) is 8.39. The highest BCUT2D eigenvalue weighted by Crippen LogP contribution is 2.42. The molecule has 1 aliphatic rings. The molecule has 42 heavy (non-hydrogen) atoms. The van der Waals surface area contributed by atoms with Crippen LogP contribution in [0.2, 0.25) is 0 Å². The second-order valence-corrected chi connectivity index (χ2v) is 11.7. The van der Waals surface area contributed by atoms with Gasteiger partial charge in [-0.05, 0) is 41.7 Å². The Hall–Kier alpha value is -3.24. The van der Waals surface area contributed by atoms with Crippen LogP contribution in [0.1, 0.15) is 74.2 Å². The average molecular weight is 592 g/mol. The Labute approximate surface area is 252 Å². The molecule has 0 radical (unpaired) electrons. The van der Waals surface area contributed by atoms with E-state index in [-0.39, 0.29) is 36.5 Å². The smallest absolute Gasteiger partial charge is 0.220 e. The minimum absolute atomic E-state index is 0.00315. The predicted molar refractivity (Wildman–Crippen MR) is 163 cm³/mol. The number of nitrogens with one attached hydrogen (secondary N) is 2. The number of benzene rings is 2. The number of pyridine rings is 1. The van der Waals surface area contributed by atoms with Gasteiger partial charge in [-0.3, -0.25) is 9.59 Å². The number of hydrogen-bond donors (Lipinski definition) is 3. The number of aliphatic hydroxyl groups excluding tert-OH is 1. The molecule has 3 N–H and O–H groups in total. The first kappa shape index (κ1) is 31.7. The molecule has 4 unspecified atom stereocenters. The van der Waals surface area contributed by atoms with Crippen LogP contribution in [0.25, 0.3) is 0 Å². The summed E-state index contributed by atoms with van der Waals surface area (Å²) in [5.41, 5.74) is 3.83. The zero-order valence-corrected chi connectivity index (χ0v) is 25.1. The van der Waals surface area contributed by atoms with E-state index in [2.05, 4.69) is 22.5 Å². The fraction of sp³-hybridized carbons (Fsp3) is 0.424. The average Bonchev–Trinajstić information content (AvgIpc) is 3.02. The first-order valence-corrected chi connectivity index (χ1v) is 15.6. The lowest BCUT2D eigenvalue weighted by molar-refractivity contribution is -0.268. The molecule has 2 aromatic carbocycles. The quantitative estimate of drug-likeness (QED) is 0.168. The second-order valence-electron chi connectivity index (χ2n) is 10.6. The van der Waals surface area contributed by atoms with Crippen molar-refractivity contribution in [1.29, 1.82) is 0 Å². The zero-order valence-electron chi connectivity index (χ0n) is 24.3. The van der Waals surface area contributed by atoms with Crippen molar-refractivity contribution in [1.82, 2.24) is 15.6 Å². The maximum Gasteiger partial charge on any atom is 0.220 e. The van der Waals surface area contributed by atoms with Gasteiger partial charge >= 0.3 is 0 Å². The van der Waals surface area contributed by atoms with E-state index in [0.717, 1.165) is 52.3 Å². The molecule has 0 spiro atoms. The first-order chi connectivity index (χ1) is 20.4. The third kappa shape index (κ3) is 9.66. The Kier molecular flexibility index (Phi) is 12.4. The Morgan fingerprint density at radius 1 is 0.905 bits per heavy atom. The van der Waals surface area contributed by atoms with Crippen LogP contribution in [0.4, 0.5) is 0 Å². The van der Waals surface area contributed by atoms with E-state index >= 15 is 0 Å². The van der Waals surface area contributed by atoms with Gasteiger partial charge in [-0.15, -0.1) is 11.8 Å². The highest BCUT2D eigenvalue weighted by atomic mass is 32.2. The van der Waals surface area contributed by atoms with Gasteiger partial charge in [0.1, 0.15) is 0 Å². The zero-order chi connectivity index (χ0) is 29.7. The standard InChI is InChI=1S/C33H41N3O5S/c1-23-29(22-42-31-9-5-7-19-35-31)40-33(41-32(23)27-14-12-26(21-37)13-15-27)28-16-10-25(11-17-28)20-36-30(39)8-4-3-6-18-34-24(2)38/h5,7,9-17,19,23,29,32-33,37H,3-4,6,8,18,20-22H2,1-2H3,(H,34,38)(H,36,39). The van der Waals surface area contributed by atoms with E-state index in [1.54, 1.807) is 18.0 Å². The van der Waals surface area contributed by atoms with E-state index in [1.807, 2.05) is 66.7 Å². The minimum atomic E-state index is -0.542. The number of nitrogens with zero attached hydrogens (tertiary/aromatic N) is 1. The van der Waals surface area contributed by atoms with Gasteiger partial charge in [-0.25, -0.2) is 4.98 Å². The van der Waals surface area contributed by atoms with Crippen LogP contribution in [0.5, 0.6) is 0 Å². The molecule has 1 aromatic heterocycles.